The van der Waals surface area contributed by atoms with Gasteiger partial charge in [-0.2, -0.15) is 5.10 Å². The van der Waals surface area contributed by atoms with Crippen molar-refractivity contribution < 1.29 is 4.74 Å². The average molecular weight is 403 g/mol. The molecule has 8 heteroatoms. The predicted octanol–water partition coefficient (Wildman–Crippen LogP) is 3.37. The zero-order valence-corrected chi connectivity index (χ0v) is 17.1. The van der Waals surface area contributed by atoms with E-state index in [1.807, 2.05) is 23.8 Å². The smallest absolute Gasteiger partial charge is 0.181 e. The van der Waals surface area contributed by atoms with Crippen LogP contribution in [0.4, 0.5) is 5.82 Å². The summed E-state index contributed by atoms with van der Waals surface area (Å²) in [4.78, 5) is 11.5. The molecule has 0 aliphatic carbocycles. The van der Waals surface area contributed by atoms with Crippen molar-refractivity contribution in [3.63, 3.8) is 0 Å². The van der Waals surface area contributed by atoms with Gasteiger partial charge in [0, 0.05) is 49.1 Å². The van der Waals surface area contributed by atoms with Crippen LogP contribution in [0.1, 0.15) is 31.4 Å². The minimum Gasteiger partial charge on any atom is -0.381 e. The summed E-state index contributed by atoms with van der Waals surface area (Å²) in [5.74, 6) is 1.01. The number of rotatable bonds is 2. The van der Waals surface area contributed by atoms with Crippen molar-refractivity contribution in [3.8, 4) is 11.3 Å². The molecule has 6 rings (SSSR count). The number of pyridine rings is 1. The van der Waals surface area contributed by atoms with Gasteiger partial charge in [0.05, 0.1) is 11.9 Å². The Labute approximate surface area is 174 Å². The summed E-state index contributed by atoms with van der Waals surface area (Å²) in [6.07, 6.45) is 8.54. The molecule has 2 fully saturated rings. The van der Waals surface area contributed by atoms with Gasteiger partial charge in [-0.25, -0.2) is 14.5 Å². The van der Waals surface area contributed by atoms with Gasteiger partial charge in [0.1, 0.15) is 5.82 Å². The van der Waals surface area contributed by atoms with Crippen LogP contribution in [0.3, 0.4) is 0 Å². The minimum atomic E-state index is 0.475. The Balaban J connectivity index is 1.32. The number of ether oxygens (including phenoxy) is 1. The molecule has 154 valence electrons. The van der Waals surface area contributed by atoms with Gasteiger partial charge in [-0.15, -0.1) is 5.10 Å². The van der Waals surface area contributed by atoms with E-state index in [4.69, 9.17) is 9.84 Å². The molecule has 0 unspecified atom stereocenters. The number of H-pyrrole nitrogens is 1. The molecule has 0 atom stereocenters. The Morgan fingerprint density at radius 1 is 1.03 bits per heavy atom. The van der Waals surface area contributed by atoms with E-state index >= 15 is 0 Å². The SMILES string of the molecule is Cc1[nH]nc2ncc(-c3cnc4ccc(N5CCC6(CCOCC6)CC5)nn34)cc12. The van der Waals surface area contributed by atoms with Crippen LogP contribution < -0.4 is 4.90 Å². The number of nitrogens with zero attached hydrogens (tertiary/aromatic N) is 6. The Kier molecular flexibility index (Phi) is 4.02. The standard InChI is InChI=1S/C22H25N7O/c1-15-17-12-16(13-24-21(17)26-25-15)18-14-23-19-2-3-20(27-29(18)19)28-8-4-22(5-9-28)6-10-30-11-7-22/h2-3,12-14H,4-11H2,1H3,(H,24,25,26). The van der Waals surface area contributed by atoms with Crippen molar-refractivity contribution in [2.45, 2.75) is 32.6 Å². The normalized spacial score (nSPS) is 19.2. The number of piperidine rings is 1. The van der Waals surface area contributed by atoms with E-state index in [0.29, 0.717) is 5.41 Å². The van der Waals surface area contributed by atoms with Crippen LogP contribution >= 0.6 is 0 Å². The van der Waals surface area contributed by atoms with E-state index in [2.05, 4.69) is 43.3 Å². The van der Waals surface area contributed by atoms with Crippen molar-refractivity contribution in [2.75, 3.05) is 31.2 Å². The second-order valence-electron chi connectivity index (χ2n) is 8.65. The number of aryl methyl sites for hydroxylation is 1. The first-order chi connectivity index (χ1) is 14.7. The lowest BCUT2D eigenvalue weighted by atomic mass is 9.72. The first kappa shape index (κ1) is 17.8. The summed E-state index contributed by atoms with van der Waals surface area (Å²) in [5.41, 5.74) is 4.99. The summed E-state index contributed by atoms with van der Waals surface area (Å²) < 4.78 is 7.52. The van der Waals surface area contributed by atoms with E-state index in [1.165, 1.54) is 25.7 Å². The number of aromatic nitrogens is 6. The number of hydrogen-bond acceptors (Lipinski definition) is 6. The fraction of sp³-hybridized carbons (Fsp3) is 0.455. The fourth-order valence-corrected chi connectivity index (χ4v) is 4.90. The summed E-state index contributed by atoms with van der Waals surface area (Å²) in [6, 6.07) is 6.25. The fourth-order valence-electron chi connectivity index (χ4n) is 4.90. The van der Waals surface area contributed by atoms with Gasteiger partial charge in [0.2, 0.25) is 0 Å². The Hall–Kier alpha value is -3.00. The van der Waals surface area contributed by atoms with Gasteiger partial charge in [-0.05, 0) is 56.2 Å². The van der Waals surface area contributed by atoms with Gasteiger partial charge in [-0.3, -0.25) is 5.10 Å². The second-order valence-corrected chi connectivity index (χ2v) is 8.65. The molecule has 2 saturated heterocycles. The number of aromatic amines is 1. The van der Waals surface area contributed by atoms with Gasteiger partial charge in [0.15, 0.2) is 11.3 Å². The summed E-state index contributed by atoms with van der Waals surface area (Å²) >= 11 is 0. The number of hydrogen-bond donors (Lipinski definition) is 1. The van der Waals surface area contributed by atoms with Crippen molar-refractivity contribution in [1.82, 2.24) is 29.8 Å². The maximum absolute atomic E-state index is 5.58. The van der Waals surface area contributed by atoms with Crippen LogP contribution in [0, 0.1) is 12.3 Å². The monoisotopic (exact) mass is 403 g/mol. The molecule has 0 radical (unpaired) electrons. The lowest BCUT2D eigenvalue weighted by molar-refractivity contribution is 0.00204. The molecule has 1 N–H and O–H groups in total. The van der Waals surface area contributed by atoms with Crippen LogP contribution in [-0.2, 0) is 4.74 Å². The molecule has 4 aromatic heterocycles. The third-order valence-corrected chi connectivity index (χ3v) is 6.95. The van der Waals surface area contributed by atoms with Crippen LogP contribution in [0.15, 0.2) is 30.6 Å². The maximum atomic E-state index is 5.58. The molecule has 1 spiro atoms. The van der Waals surface area contributed by atoms with Crippen LogP contribution in [0.25, 0.3) is 27.9 Å². The van der Waals surface area contributed by atoms with E-state index in [-0.39, 0.29) is 0 Å². The third-order valence-electron chi connectivity index (χ3n) is 6.95. The lowest BCUT2D eigenvalue weighted by Crippen LogP contribution is -2.43. The molecule has 0 bridgehead atoms. The first-order valence-electron chi connectivity index (χ1n) is 10.7. The second kappa shape index (κ2) is 6.77. The largest absolute Gasteiger partial charge is 0.381 e. The minimum absolute atomic E-state index is 0.475. The van der Waals surface area contributed by atoms with Crippen LogP contribution in [0.5, 0.6) is 0 Å². The van der Waals surface area contributed by atoms with E-state index in [9.17, 15) is 0 Å². The van der Waals surface area contributed by atoms with Crippen LogP contribution in [-0.4, -0.2) is 56.1 Å². The molecule has 8 nitrogen and oxygen atoms in total. The molecule has 6 heterocycles. The summed E-state index contributed by atoms with van der Waals surface area (Å²) in [5, 5.41) is 13.2. The Morgan fingerprint density at radius 3 is 2.70 bits per heavy atom. The molecule has 2 aliphatic rings. The summed E-state index contributed by atoms with van der Waals surface area (Å²) in [7, 11) is 0. The number of anilines is 1. The highest BCUT2D eigenvalue weighted by Gasteiger charge is 2.36. The van der Waals surface area contributed by atoms with Crippen molar-refractivity contribution >= 4 is 22.5 Å². The highest BCUT2D eigenvalue weighted by atomic mass is 16.5. The van der Waals surface area contributed by atoms with Crippen molar-refractivity contribution in [2.24, 2.45) is 5.41 Å². The van der Waals surface area contributed by atoms with Gasteiger partial charge < -0.3 is 9.64 Å². The maximum Gasteiger partial charge on any atom is 0.181 e. The molecule has 2 aliphatic heterocycles. The lowest BCUT2D eigenvalue weighted by Gasteiger charge is -2.44. The van der Waals surface area contributed by atoms with Gasteiger partial charge in [0.25, 0.3) is 0 Å². The molecule has 0 amide bonds. The number of fused-ring (bicyclic) bond motifs is 2. The molecular formula is C22H25N7O. The Morgan fingerprint density at radius 2 is 1.87 bits per heavy atom. The molecule has 30 heavy (non-hydrogen) atoms. The molecular weight excluding hydrogens is 378 g/mol. The van der Waals surface area contributed by atoms with E-state index in [0.717, 1.165) is 65.8 Å². The molecule has 0 saturated carbocycles. The first-order valence-corrected chi connectivity index (χ1v) is 10.7. The van der Waals surface area contributed by atoms with E-state index in [1.54, 1.807) is 0 Å². The third kappa shape index (κ3) is 2.86. The number of imidazole rings is 1. The highest BCUT2D eigenvalue weighted by molar-refractivity contribution is 5.82. The summed E-state index contributed by atoms with van der Waals surface area (Å²) in [6.45, 7) is 5.93. The zero-order chi connectivity index (χ0) is 20.1. The molecule has 4 aromatic rings. The number of nitrogens with one attached hydrogen (secondary N) is 1. The topological polar surface area (TPSA) is 84.2 Å². The average Bonchev–Trinajstić information content (AvgIpc) is 3.38. The quantitative estimate of drug-likeness (QED) is 0.552. The molecule has 0 aromatic carbocycles. The van der Waals surface area contributed by atoms with Crippen molar-refractivity contribution in [3.05, 3.63) is 36.3 Å². The van der Waals surface area contributed by atoms with Gasteiger partial charge in [-0.1, -0.05) is 0 Å². The van der Waals surface area contributed by atoms with E-state index < -0.39 is 0 Å². The van der Waals surface area contributed by atoms with Crippen LogP contribution in [0.2, 0.25) is 0 Å². The zero-order valence-electron chi connectivity index (χ0n) is 17.1. The van der Waals surface area contributed by atoms with Gasteiger partial charge >= 0.3 is 0 Å². The van der Waals surface area contributed by atoms with Crippen molar-refractivity contribution in [1.29, 1.82) is 0 Å². The highest BCUT2D eigenvalue weighted by Crippen LogP contribution is 2.41. The Bertz CT molecular complexity index is 1210. The predicted molar refractivity (Wildman–Crippen MR) is 115 cm³/mol.